The highest BCUT2D eigenvalue weighted by Crippen LogP contribution is 2.59. The summed E-state index contributed by atoms with van der Waals surface area (Å²) < 4.78 is 0. The Morgan fingerprint density at radius 2 is 1.41 bits per heavy atom. The first-order valence-corrected chi connectivity index (χ1v) is 8.77. The third-order valence-electron chi connectivity index (χ3n) is 5.20. The van der Waals surface area contributed by atoms with Crippen LogP contribution in [0.5, 0.6) is 0 Å². The standard InChI is InChI=1S/C22H18N2O3/c25-21(23-18-11-13-19(14-12-18)24(26)27)20-15-22(20,16-7-3-1-4-8-16)17-9-5-2-6-10-17/h1-14,20H,15H2,(H,23,25)/t20-/m1/s1. The average Bonchev–Trinajstić information content (AvgIpc) is 3.47. The summed E-state index contributed by atoms with van der Waals surface area (Å²) in [5.74, 6) is -0.256. The molecule has 0 unspecified atom stereocenters. The number of nitro benzene ring substituents is 1. The van der Waals surface area contributed by atoms with Crippen LogP contribution in [0.4, 0.5) is 11.4 Å². The van der Waals surface area contributed by atoms with Gasteiger partial charge in [0.05, 0.1) is 10.8 Å². The van der Waals surface area contributed by atoms with Crippen molar-refractivity contribution < 1.29 is 9.72 Å². The van der Waals surface area contributed by atoms with Crippen molar-refractivity contribution in [3.8, 4) is 0 Å². The fraction of sp³-hybridized carbons (Fsp3) is 0.136. The molecule has 1 saturated carbocycles. The van der Waals surface area contributed by atoms with Gasteiger partial charge in [-0.1, -0.05) is 60.7 Å². The lowest BCUT2D eigenvalue weighted by atomic mass is 9.85. The van der Waals surface area contributed by atoms with Gasteiger partial charge < -0.3 is 5.32 Å². The van der Waals surface area contributed by atoms with E-state index in [0.29, 0.717) is 5.69 Å². The van der Waals surface area contributed by atoms with Crippen LogP contribution in [0.3, 0.4) is 0 Å². The molecule has 27 heavy (non-hydrogen) atoms. The number of carbonyl (C=O) groups excluding carboxylic acids is 1. The van der Waals surface area contributed by atoms with Gasteiger partial charge in [-0.15, -0.1) is 0 Å². The maximum atomic E-state index is 12.9. The second-order valence-electron chi connectivity index (χ2n) is 6.75. The lowest BCUT2D eigenvalue weighted by molar-refractivity contribution is -0.384. The highest BCUT2D eigenvalue weighted by Gasteiger charge is 2.60. The zero-order valence-electron chi connectivity index (χ0n) is 14.5. The van der Waals surface area contributed by atoms with Crippen LogP contribution in [0.1, 0.15) is 17.5 Å². The summed E-state index contributed by atoms with van der Waals surface area (Å²) in [6.45, 7) is 0. The molecule has 3 aromatic carbocycles. The van der Waals surface area contributed by atoms with E-state index in [0.717, 1.165) is 17.5 Å². The molecule has 1 fully saturated rings. The first-order valence-electron chi connectivity index (χ1n) is 8.77. The lowest BCUT2D eigenvalue weighted by Gasteiger charge is -2.19. The summed E-state index contributed by atoms with van der Waals surface area (Å²) in [5, 5.41) is 13.7. The number of hydrogen-bond donors (Lipinski definition) is 1. The maximum absolute atomic E-state index is 12.9. The third kappa shape index (κ3) is 3.08. The van der Waals surface area contributed by atoms with Gasteiger partial charge in [-0.2, -0.15) is 0 Å². The van der Waals surface area contributed by atoms with Crippen LogP contribution in [0.15, 0.2) is 84.9 Å². The molecule has 0 saturated heterocycles. The number of nitro groups is 1. The summed E-state index contributed by atoms with van der Waals surface area (Å²) in [4.78, 5) is 23.2. The highest BCUT2D eigenvalue weighted by atomic mass is 16.6. The quantitative estimate of drug-likeness (QED) is 0.537. The molecule has 5 nitrogen and oxygen atoms in total. The van der Waals surface area contributed by atoms with Crippen molar-refractivity contribution in [1.82, 2.24) is 0 Å². The van der Waals surface area contributed by atoms with Gasteiger partial charge in [0, 0.05) is 23.2 Å². The van der Waals surface area contributed by atoms with E-state index in [-0.39, 0.29) is 22.9 Å². The van der Waals surface area contributed by atoms with E-state index < -0.39 is 4.92 Å². The molecule has 3 aromatic rings. The molecule has 1 amide bonds. The number of anilines is 1. The van der Waals surface area contributed by atoms with Gasteiger partial charge in [0.1, 0.15) is 0 Å². The minimum Gasteiger partial charge on any atom is -0.326 e. The van der Waals surface area contributed by atoms with E-state index in [1.54, 1.807) is 12.1 Å². The van der Waals surface area contributed by atoms with Crippen LogP contribution in [-0.2, 0) is 10.2 Å². The first kappa shape index (κ1) is 17.0. The molecule has 1 aliphatic carbocycles. The number of carbonyl (C=O) groups is 1. The monoisotopic (exact) mass is 358 g/mol. The van der Waals surface area contributed by atoms with E-state index in [1.807, 2.05) is 36.4 Å². The average molecular weight is 358 g/mol. The van der Waals surface area contributed by atoms with Crippen LogP contribution in [0.25, 0.3) is 0 Å². The van der Waals surface area contributed by atoms with Crippen molar-refractivity contribution in [2.75, 3.05) is 5.32 Å². The Morgan fingerprint density at radius 1 is 0.889 bits per heavy atom. The number of nitrogens with zero attached hydrogens (tertiary/aromatic N) is 1. The van der Waals surface area contributed by atoms with Crippen molar-refractivity contribution >= 4 is 17.3 Å². The second kappa shape index (κ2) is 6.68. The number of amides is 1. The number of rotatable bonds is 5. The first-order chi connectivity index (χ1) is 13.1. The summed E-state index contributed by atoms with van der Waals surface area (Å²) in [7, 11) is 0. The molecular formula is C22H18N2O3. The van der Waals surface area contributed by atoms with Gasteiger partial charge >= 0.3 is 0 Å². The Labute approximate surface area is 156 Å². The molecule has 0 heterocycles. The Balaban J connectivity index is 1.60. The molecule has 0 spiro atoms. The van der Waals surface area contributed by atoms with Crippen molar-refractivity contribution in [3.05, 3.63) is 106 Å². The fourth-order valence-electron chi connectivity index (χ4n) is 3.75. The van der Waals surface area contributed by atoms with Crippen molar-refractivity contribution in [3.63, 3.8) is 0 Å². The molecule has 4 rings (SSSR count). The molecular weight excluding hydrogens is 340 g/mol. The molecule has 5 heteroatoms. The highest BCUT2D eigenvalue weighted by molar-refractivity contribution is 5.97. The van der Waals surface area contributed by atoms with E-state index in [9.17, 15) is 14.9 Å². The Hall–Kier alpha value is -3.47. The molecule has 1 atom stereocenters. The van der Waals surface area contributed by atoms with Crippen molar-refractivity contribution in [2.45, 2.75) is 11.8 Å². The normalized spacial score (nSPS) is 17.1. The largest absolute Gasteiger partial charge is 0.326 e. The lowest BCUT2D eigenvalue weighted by Crippen LogP contribution is -2.22. The molecule has 1 aliphatic rings. The molecule has 0 radical (unpaired) electrons. The Bertz CT molecular complexity index is 930. The Morgan fingerprint density at radius 3 is 1.89 bits per heavy atom. The van der Waals surface area contributed by atoms with Crippen LogP contribution >= 0.6 is 0 Å². The van der Waals surface area contributed by atoms with E-state index in [1.165, 1.54) is 12.1 Å². The SMILES string of the molecule is O=C(Nc1ccc([N+](=O)[O-])cc1)[C@H]1CC1(c1ccccc1)c1ccccc1. The zero-order chi connectivity index (χ0) is 18.9. The van der Waals surface area contributed by atoms with Crippen LogP contribution in [-0.4, -0.2) is 10.8 Å². The predicted octanol–water partition coefficient (Wildman–Crippen LogP) is 4.54. The molecule has 0 aromatic heterocycles. The molecule has 0 bridgehead atoms. The smallest absolute Gasteiger partial charge is 0.269 e. The van der Waals surface area contributed by atoms with E-state index >= 15 is 0 Å². The van der Waals surface area contributed by atoms with Gasteiger partial charge in [0.2, 0.25) is 5.91 Å². The van der Waals surface area contributed by atoms with Gasteiger partial charge in [-0.25, -0.2) is 0 Å². The predicted molar refractivity (Wildman–Crippen MR) is 103 cm³/mol. The molecule has 1 N–H and O–H groups in total. The number of non-ortho nitro benzene ring substituents is 1. The fourth-order valence-corrected chi connectivity index (χ4v) is 3.75. The van der Waals surface area contributed by atoms with Crippen molar-refractivity contribution in [2.24, 2.45) is 5.92 Å². The van der Waals surface area contributed by atoms with Crippen LogP contribution in [0, 0.1) is 16.0 Å². The summed E-state index contributed by atoms with van der Waals surface area (Å²) >= 11 is 0. The summed E-state index contributed by atoms with van der Waals surface area (Å²) in [6, 6.07) is 26.1. The van der Waals surface area contributed by atoms with Gasteiger partial charge in [-0.05, 0) is 29.7 Å². The topological polar surface area (TPSA) is 72.2 Å². The molecule has 0 aliphatic heterocycles. The van der Waals surface area contributed by atoms with Crippen LogP contribution in [0.2, 0.25) is 0 Å². The zero-order valence-corrected chi connectivity index (χ0v) is 14.5. The summed E-state index contributed by atoms with van der Waals surface area (Å²) in [5.41, 5.74) is 2.49. The van der Waals surface area contributed by atoms with Crippen molar-refractivity contribution in [1.29, 1.82) is 0 Å². The van der Waals surface area contributed by atoms with Gasteiger partial charge in [0.25, 0.3) is 5.69 Å². The number of nitrogens with one attached hydrogen (secondary N) is 1. The van der Waals surface area contributed by atoms with E-state index in [4.69, 9.17) is 0 Å². The minimum atomic E-state index is -0.456. The number of benzene rings is 3. The third-order valence-corrected chi connectivity index (χ3v) is 5.20. The maximum Gasteiger partial charge on any atom is 0.269 e. The number of hydrogen-bond acceptors (Lipinski definition) is 3. The van der Waals surface area contributed by atoms with Crippen LogP contribution < -0.4 is 5.32 Å². The molecule has 134 valence electrons. The Kier molecular flexibility index (Phi) is 4.20. The summed E-state index contributed by atoms with van der Waals surface area (Å²) in [6.07, 6.45) is 0.736. The second-order valence-corrected chi connectivity index (χ2v) is 6.75. The minimum absolute atomic E-state index is 0.00217. The van der Waals surface area contributed by atoms with Gasteiger partial charge in [-0.3, -0.25) is 14.9 Å². The van der Waals surface area contributed by atoms with Gasteiger partial charge in [0.15, 0.2) is 0 Å². The van der Waals surface area contributed by atoms with E-state index in [2.05, 4.69) is 29.6 Å².